The van der Waals surface area contributed by atoms with Crippen LogP contribution in [0.4, 0.5) is 0 Å². The summed E-state index contributed by atoms with van der Waals surface area (Å²) in [5.41, 5.74) is 2.88. The molecule has 4 rings (SSSR count). The molecule has 0 aromatic carbocycles. The van der Waals surface area contributed by atoms with Gasteiger partial charge in [0.2, 0.25) is 4.96 Å². The van der Waals surface area contributed by atoms with Crippen molar-refractivity contribution in [1.82, 2.24) is 35.0 Å². The zero-order valence-corrected chi connectivity index (χ0v) is 13.4. The molecular formula is C15H15N7S. The number of hydrogen-bond donors (Lipinski definition) is 1. The summed E-state index contributed by atoms with van der Waals surface area (Å²) in [7, 11) is 0. The minimum atomic E-state index is 0.692. The van der Waals surface area contributed by atoms with Gasteiger partial charge in [-0.05, 0) is 31.0 Å². The number of rotatable bonds is 5. The van der Waals surface area contributed by atoms with Crippen LogP contribution in [0.2, 0.25) is 0 Å². The molecule has 0 saturated heterocycles. The van der Waals surface area contributed by atoms with Gasteiger partial charge in [-0.3, -0.25) is 10.1 Å². The molecule has 4 heterocycles. The molecule has 116 valence electrons. The molecule has 0 aliphatic rings. The highest BCUT2D eigenvalue weighted by Gasteiger charge is 2.16. The van der Waals surface area contributed by atoms with E-state index in [2.05, 4.69) is 43.5 Å². The van der Waals surface area contributed by atoms with Gasteiger partial charge in [-0.25, -0.2) is 0 Å². The smallest absolute Gasteiger partial charge is 0.235 e. The van der Waals surface area contributed by atoms with E-state index in [0.717, 1.165) is 39.8 Å². The van der Waals surface area contributed by atoms with Crippen molar-refractivity contribution in [2.24, 2.45) is 0 Å². The molecule has 0 aliphatic heterocycles. The Morgan fingerprint density at radius 1 is 1.30 bits per heavy atom. The van der Waals surface area contributed by atoms with E-state index in [1.165, 1.54) is 17.8 Å². The maximum Gasteiger partial charge on any atom is 0.235 e. The highest BCUT2D eigenvalue weighted by Crippen LogP contribution is 2.27. The van der Waals surface area contributed by atoms with Crippen molar-refractivity contribution < 1.29 is 0 Å². The highest BCUT2D eigenvalue weighted by atomic mass is 32.1. The molecule has 4 aromatic heterocycles. The molecule has 0 amide bonds. The monoisotopic (exact) mass is 325 g/mol. The SMILES string of the molecule is CCCCc1cc(-c2nn3c(-c4cccnc4)nnc3s2)n[nH]1. The van der Waals surface area contributed by atoms with E-state index in [9.17, 15) is 0 Å². The first-order valence-corrected chi connectivity index (χ1v) is 8.34. The predicted octanol–water partition coefficient (Wildman–Crippen LogP) is 2.98. The summed E-state index contributed by atoms with van der Waals surface area (Å²) < 4.78 is 1.75. The molecule has 7 nitrogen and oxygen atoms in total. The molecular weight excluding hydrogens is 310 g/mol. The zero-order chi connectivity index (χ0) is 15.6. The maximum absolute atomic E-state index is 4.61. The van der Waals surface area contributed by atoms with Crippen LogP contribution in [0, 0.1) is 0 Å². The van der Waals surface area contributed by atoms with Crippen molar-refractivity contribution in [2.75, 3.05) is 0 Å². The molecule has 0 unspecified atom stereocenters. The van der Waals surface area contributed by atoms with Crippen molar-refractivity contribution in [1.29, 1.82) is 0 Å². The maximum atomic E-state index is 4.61. The average Bonchev–Trinajstić information content (AvgIpc) is 3.28. The number of unbranched alkanes of at least 4 members (excludes halogenated alkanes) is 1. The minimum Gasteiger partial charge on any atom is -0.282 e. The summed E-state index contributed by atoms with van der Waals surface area (Å²) in [5.74, 6) is 0.692. The van der Waals surface area contributed by atoms with Crippen molar-refractivity contribution in [3.05, 3.63) is 36.3 Å². The van der Waals surface area contributed by atoms with E-state index >= 15 is 0 Å². The third-order valence-corrected chi connectivity index (χ3v) is 4.48. The Hall–Kier alpha value is -2.61. The van der Waals surface area contributed by atoms with Crippen molar-refractivity contribution in [2.45, 2.75) is 26.2 Å². The summed E-state index contributed by atoms with van der Waals surface area (Å²) >= 11 is 1.48. The zero-order valence-electron chi connectivity index (χ0n) is 12.6. The average molecular weight is 325 g/mol. The van der Waals surface area contributed by atoms with Crippen LogP contribution in [-0.4, -0.2) is 35.0 Å². The van der Waals surface area contributed by atoms with Crippen LogP contribution >= 0.6 is 11.3 Å². The Labute approximate surface area is 136 Å². The quantitative estimate of drug-likeness (QED) is 0.610. The Kier molecular flexibility index (Phi) is 3.58. The van der Waals surface area contributed by atoms with E-state index in [-0.39, 0.29) is 0 Å². The minimum absolute atomic E-state index is 0.692. The molecule has 0 radical (unpaired) electrons. The number of nitrogens with zero attached hydrogens (tertiary/aromatic N) is 6. The lowest BCUT2D eigenvalue weighted by Gasteiger charge is -1.94. The third kappa shape index (κ3) is 2.61. The first kappa shape index (κ1) is 14.0. The van der Waals surface area contributed by atoms with Crippen molar-refractivity contribution in [3.63, 3.8) is 0 Å². The lowest BCUT2D eigenvalue weighted by Crippen LogP contribution is -1.91. The normalized spacial score (nSPS) is 11.3. The first-order chi connectivity index (χ1) is 11.3. The van der Waals surface area contributed by atoms with Gasteiger partial charge < -0.3 is 0 Å². The van der Waals surface area contributed by atoms with Gasteiger partial charge in [0.25, 0.3) is 0 Å². The summed E-state index contributed by atoms with van der Waals surface area (Å²) in [4.78, 5) is 4.87. The Bertz CT molecular complexity index is 922. The van der Waals surface area contributed by atoms with Crippen LogP contribution < -0.4 is 0 Å². The number of fused-ring (bicyclic) bond motifs is 1. The van der Waals surface area contributed by atoms with Crippen LogP contribution in [0.3, 0.4) is 0 Å². The van der Waals surface area contributed by atoms with Gasteiger partial charge in [-0.15, -0.1) is 10.2 Å². The molecule has 0 spiro atoms. The second-order valence-electron chi connectivity index (χ2n) is 5.25. The fourth-order valence-corrected chi connectivity index (χ4v) is 3.16. The standard InChI is InChI=1S/C15H15N7S/c1-2-3-6-11-8-12(18-17-11)14-21-22-13(19-20-15(22)23-14)10-5-4-7-16-9-10/h4-5,7-9H,2-3,6H2,1H3,(H,17,18). The number of aromatic nitrogens is 7. The van der Waals surface area contributed by atoms with E-state index in [1.54, 1.807) is 16.9 Å². The van der Waals surface area contributed by atoms with E-state index < -0.39 is 0 Å². The topological polar surface area (TPSA) is 84.7 Å². The van der Waals surface area contributed by atoms with Gasteiger partial charge >= 0.3 is 0 Å². The van der Waals surface area contributed by atoms with Crippen molar-refractivity contribution in [3.8, 4) is 22.1 Å². The number of nitrogens with one attached hydrogen (secondary N) is 1. The second-order valence-corrected chi connectivity index (χ2v) is 6.20. The van der Waals surface area contributed by atoms with Gasteiger partial charge in [0, 0.05) is 23.7 Å². The molecule has 0 atom stereocenters. The second kappa shape index (κ2) is 5.88. The van der Waals surface area contributed by atoms with Crippen LogP contribution in [0.1, 0.15) is 25.5 Å². The highest BCUT2D eigenvalue weighted by molar-refractivity contribution is 7.19. The van der Waals surface area contributed by atoms with Gasteiger partial charge in [0.05, 0.1) is 0 Å². The molecule has 0 fully saturated rings. The molecule has 0 saturated carbocycles. The lowest BCUT2D eigenvalue weighted by molar-refractivity contribution is 0.772. The number of aromatic amines is 1. The van der Waals surface area contributed by atoms with Crippen LogP contribution in [-0.2, 0) is 6.42 Å². The lowest BCUT2D eigenvalue weighted by atomic mass is 10.2. The molecule has 23 heavy (non-hydrogen) atoms. The fraction of sp³-hybridized carbons (Fsp3) is 0.267. The number of aryl methyl sites for hydroxylation is 1. The summed E-state index contributed by atoms with van der Waals surface area (Å²) in [6, 6.07) is 5.88. The van der Waals surface area contributed by atoms with Crippen molar-refractivity contribution >= 4 is 16.3 Å². The van der Waals surface area contributed by atoms with Gasteiger partial charge in [0.1, 0.15) is 5.69 Å². The number of H-pyrrole nitrogens is 1. The summed E-state index contributed by atoms with van der Waals surface area (Å²) in [6.45, 7) is 2.18. The predicted molar refractivity (Wildman–Crippen MR) is 88.1 cm³/mol. The van der Waals surface area contributed by atoms with E-state index in [0.29, 0.717) is 5.82 Å². The van der Waals surface area contributed by atoms with Crippen LogP contribution in [0.25, 0.3) is 27.1 Å². The van der Waals surface area contributed by atoms with Gasteiger partial charge in [0.15, 0.2) is 10.8 Å². The Morgan fingerprint density at radius 2 is 2.26 bits per heavy atom. The molecule has 0 aliphatic carbocycles. The molecule has 0 bridgehead atoms. The molecule has 4 aromatic rings. The number of pyridine rings is 1. The Morgan fingerprint density at radius 3 is 3.09 bits per heavy atom. The van der Waals surface area contributed by atoms with Crippen LogP contribution in [0.15, 0.2) is 30.6 Å². The fourth-order valence-electron chi connectivity index (χ4n) is 2.36. The van der Waals surface area contributed by atoms with E-state index in [1.807, 2.05) is 12.1 Å². The largest absolute Gasteiger partial charge is 0.282 e. The molecule has 8 heteroatoms. The van der Waals surface area contributed by atoms with Gasteiger partial charge in [-0.1, -0.05) is 24.7 Å². The molecule has 1 N–H and O–H groups in total. The van der Waals surface area contributed by atoms with Gasteiger partial charge in [-0.2, -0.15) is 14.7 Å². The van der Waals surface area contributed by atoms with E-state index in [4.69, 9.17) is 0 Å². The third-order valence-electron chi connectivity index (χ3n) is 3.56. The first-order valence-electron chi connectivity index (χ1n) is 7.52. The summed E-state index contributed by atoms with van der Waals surface area (Å²) in [5, 5.41) is 21.3. The van der Waals surface area contributed by atoms with Crippen LogP contribution in [0.5, 0.6) is 0 Å². The summed E-state index contributed by atoms with van der Waals surface area (Å²) in [6.07, 6.45) is 6.81. The number of hydrogen-bond acceptors (Lipinski definition) is 6. The Balaban J connectivity index is 1.70.